The van der Waals surface area contributed by atoms with Crippen molar-refractivity contribution in [2.24, 2.45) is 5.10 Å². The maximum absolute atomic E-state index is 13.6. The minimum atomic E-state index is -3.96. The Kier molecular flexibility index (Phi) is 10.7. The van der Waals surface area contributed by atoms with E-state index in [1.807, 2.05) is 6.92 Å². The highest BCUT2D eigenvalue weighted by Crippen LogP contribution is 2.29. The fourth-order valence-electron chi connectivity index (χ4n) is 3.95. The van der Waals surface area contributed by atoms with E-state index >= 15 is 0 Å². The van der Waals surface area contributed by atoms with Gasteiger partial charge in [0.2, 0.25) is 10.0 Å². The number of nitrogens with zero attached hydrogens (tertiary/aromatic N) is 2. The number of ether oxygens (including phenoxy) is 2. The highest BCUT2D eigenvalue weighted by Gasteiger charge is 2.26. The molecule has 0 fully saturated rings. The molecule has 0 radical (unpaired) electrons. The molecule has 0 aliphatic carbocycles. The zero-order valence-electron chi connectivity index (χ0n) is 23.8. The van der Waals surface area contributed by atoms with Gasteiger partial charge in [0.1, 0.15) is 23.0 Å². The topological polar surface area (TPSA) is 140 Å². The van der Waals surface area contributed by atoms with Crippen LogP contribution in [-0.4, -0.2) is 45.0 Å². The van der Waals surface area contributed by atoms with Crippen molar-refractivity contribution >= 4 is 56.9 Å². The fraction of sp³-hybridized carbons (Fsp3) is 0.167. The lowest BCUT2D eigenvalue weighted by molar-refractivity contribution is -0.136. The molecule has 0 saturated heterocycles. The zero-order chi connectivity index (χ0) is 31.9. The van der Waals surface area contributed by atoms with Gasteiger partial charge in [-0.15, -0.1) is 0 Å². The van der Waals surface area contributed by atoms with E-state index in [2.05, 4.69) is 15.8 Å². The van der Waals surface area contributed by atoms with Crippen molar-refractivity contribution in [3.8, 4) is 11.5 Å². The Morgan fingerprint density at radius 1 is 0.909 bits per heavy atom. The lowest BCUT2D eigenvalue weighted by Crippen LogP contribution is -2.32. The second-order valence-electron chi connectivity index (χ2n) is 9.36. The van der Waals surface area contributed by atoms with Crippen molar-refractivity contribution in [2.75, 3.05) is 19.5 Å². The van der Waals surface area contributed by atoms with Gasteiger partial charge in [0.05, 0.1) is 47.6 Å². The van der Waals surface area contributed by atoms with Crippen LogP contribution in [0.2, 0.25) is 10.0 Å². The van der Waals surface area contributed by atoms with Crippen LogP contribution in [0.3, 0.4) is 0 Å². The predicted molar refractivity (Wildman–Crippen MR) is 167 cm³/mol. The van der Waals surface area contributed by atoms with Gasteiger partial charge in [-0.3, -0.25) is 9.59 Å². The monoisotopic (exact) mass is 658 g/mol. The number of amides is 2. The number of hydrogen-bond acceptors (Lipinski definition) is 8. The number of aryl methyl sites for hydroxylation is 1. The molecule has 11 nitrogen and oxygen atoms in total. The SMILES string of the molecule is COc1ccc(OC)c(NC(=O)C(=O)N/N=C/c2ccc(CN(Cc3ccc(Cl)c(Cl)c3)S(=O)(=O)c3ccc(C)cc3)o2)c1. The standard InChI is InChI=1S/C30H28Cl2N4O7S/c1-19-4-10-24(11-5-19)44(39,40)36(17-20-6-12-25(31)26(32)14-20)18-23-8-7-22(43-23)16-33-35-30(38)29(37)34-27-15-21(41-2)9-13-28(27)42-3/h4-16H,17-18H2,1-3H3,(H,34,37)(H,35,38)/b33-16+. The number of benzene rings is 3. The van der Waals surface area contributed by atoms with Crippen molar-refractivity contribution in [1.29, 1.82) is 0 Å². The van der Waals surface area contributed by atoms with Crippen molar-refractivity contribution in [1.82, 2.24) is 9.73 Å². The van der Waals surface area contributed by atoms with E-state index in [9.17, 15) is 18.0 Å². The third-order valence-electron chi connectivity index (χ3n) is 6.24. The summed E-state index contributed by atoms with van der Waals surface area (Å²) in [7, 11) is -1.07. The molecular weight excluding hydrogens is 631 g/mol. The van der Waals surface area contributed by atoms with Crippen LogP contribution in [0.4, 0.5) is 5.69 Å². The second-order valence-corrected chi connectivity index (χ2v) is 12.1. The van der Waals surface area contributed by atoms with Gasteiger partial charge >= 0.3 is 11.8 Å². The van der Waals surface area contributed by atoms with Gasteiger partial charge in [-0.2, -0.15) is 9.41 Å². The average Bonchev–Trinajstić information content (AvgIpc) is 3.45. The highest BCUT2D eigenvalue weighted by molar-refractivity contribution is 7.89. The molecule has 0 bridgehead atoms. The van der Waals surface area contributed by atoms with Crippen molar-refractivity contribution < 1.29 is 31.9 Å². The average molecular weight is 660 g/mol. The summed E-state index contributed by atoms with van der Waals surface area (Å²) in [6.45, 7) is 1.73. The number of halogens is 2. The summed E-state index contributed by atoms with van der Waals surface area (Å²) in [4.78, 5) is 24.8. The van der Waals surface area contributed by atoms with Crippen LogP contribution in [0.25, 0.3) is 0 Å². The summed E-state index contributed by atoms with van der Waals surface area (Å²) >= 11 is 12.2. The van der Waals surface area contributed by atoms with Gasteiger partial charge in [0.15, 0.2) is 0 Å². The summed E-state index contributed by atoms with van der Waals surface area (Å²) in [5.41, 5.74) is 3.89. The Morgan fingerprint density at radius 2 is 1.66 bits per heavy atom. The van der Waals surface area contributed by atoms with Crippen molar-refractivity contribution in [2.45, 2.75) is 24.9 Å². The Morgan fingerprint density at radius 3 is 2.34 bits per heavy atom. The molecule has 0 aliphatic heterocycles. The minimum Gasteiger partial charge on any atom is -0.497 e. The number of hydrazone groups is 1. The smallest absolute Gasteiger partial charge is 0.329 e. The van der Waals surface area contributed by atoms with Crippen LogP contribution in [0.15, 0.2) is 87.2 Å². The summed E-state index contributed by atoms with van der Waals surface area (Å²) in [6, 6.07) is 19.2. The Bertz CT molecular complexity index is 1790. The van der Waals surface area contributed by atoms with Crippen LogP contribution < -0.4 is 20.2 Å². The minimum absolute atomic E-state index is 0.0134. The number of hydrogen-bond donors (Lipinski definition) is 2. The highest BCUT2D eigenvalue weighted by atomic mass is 35.5. The van der Waals surface area contributed by atoms with E-state index in [1.165, 1.54) is 42.9 Å². The Hall–Kier alpha value is -4.36. The fourth-order valence-corrected chi connectivity index (χ4v) is 5.66. The lowest BCUT2D eigenvalue weighted by atomic mass is 10.2. The largest absolute Gasteiger partial charge is 0.497 e. The molecule has 1 aromatic heterocycles. The summed E-state index contributed by atoms with van der Waals surface area (Å²) < 4.78 is 44.6. The molecule has 2 amide bonds. The molecule has 14 heteroatoms. The number of carbonyl (C=O) groups is 2. The molecule has 230 valence electrons. The summed E-state index contributed by atoms with van der Waals surface area (Å²) in [5, 5.41) is 6.85. The molecule has 4 rings (SSSR count). The van der Waals surface area contributed by atoms with Gasteiger partial charge in [-0.1, -0.05) is 47.0 Å². The van der Waals surface area contributed by atoms with Crippen LogP contribution in [-0.2, 0) is 32.7 Å². The van der Waals surface area contributed by atoms with Crippen molar-refractivity contribution in [3.63, 3.8) is 0 Å². The summed E-state index contributed by atoms with van der Waals surface area (Å²) in [5.74, 6) is -0.747. The zero-order valence-corrected chi connectivity index (χ0v) is 26.2. The maximum Gasteiger partial charge on any atom is 0.329 e. The van der Waals surface area contributed by atoms with Crippen LogP contribution in [0.1, 0.15) is 22.6 Å². The van der Waals surface area contributed by atoms with E-state index in [0.29, 0.717) is 32.9 Å². The van der Waals surface area contributed by atoms with E-state index in [0.717, 1.165) is 5.56 Å². The lowest BCUT2D eigenvalue weighted by Gasteiger charge is -2.22. The number of nitrogens with one attached hydrogen (secondary N) is 2. The third-order valence-corrected chi connectivity index (χ3v) is 8.78. The van der Waals surface area contributed by atoms with Gasteiger partial charge in [0.25, 0.3) is 0 Å². The summed E-state index contributed by atoms with van der Waals surface area (Å²) in [6.07, 6.45) is 1.18. The first-order valence-electron chi connectivity index (χ1n) is 13.0. The first kappa shape index (κ1) is 32.6. The van der Waals surface area contributed by atoms with Crippen LogP contribution >= 0.6 is 23.2 Å². The quantitative estimate of drug-likeness (QED) is 0.125. The second kappa shape index (κ2) is 14.4. The molecule has 44 heavy (non-hydrogen) atoms. The van der Waals surface area contributed by atoms with Gasteiger partial charge in [-0.05, 0) is 61.0 Å². The van der Waals surface area contributed by atoms with Crippen LogP contribution in [0, 0.1) is 6.92 Å². The van der Waals surface area contributed by atoms with Crippen molar-refractivity contribution in [3.05, 3.63) is 105 Å². The van der Waals surface area contributed by atoms with Gasteiger partial charge in [0, 0.05) is 12.6 Å². The number of carbonyl (C=O) groups excluding carboxylic acids is 2. The van der Waals surface area contributed by atoms with E-state index in [-0.39, 0.29) is 29.4 Å². The molecule has 0 aliphatic rings. The number of methoxy groups -OCH3 is 2. The number of furan rings is 1. The molecule has 0 atom stereocenters. The first-order chi connectivity index (χ1) is 21.0. The van der Waals surface area contributed by atoms with E-state index in [1.54, 1.807) is 54.6 Å². The number of rotatable bonds is 11. The molecule has 1 heterocycles. The van der Waals surface area contributed by atoms with Crippen LogP contribution in [0.5, 0.6) is 11.5 Å². The predicted octanol–water partition coefficient (Wildman–Crippen LogP) is 5.39. The molecule has 3 aromatic carbocycles. The molecule has 4 aromatic rings. The van der Waals surface area contributed by atoms with E-state index in [4.69, 9.17) is 37.1 Å². The number of anilines is 1. The Balaban J connectivity index is 1.46. The molecule has 0 unspecified atom stereocenters. The molecular formula is C30H28Cl2N4O7S. The number of sulfonamides is 1. The molecule has 2 N–H and O–H groups in total. The van der Waals surface area contributed by atoms with Gasteiger partial charge < -0.3 is 19.2 Å². The third kappa shape index (κ3) is 8.17. The maximum atomic E-state index is 13.6. The van der Waals surface area contributed by atoms with Gasteiger partial charge in [-0.25, -0.2) is 13.8 Å². The molecule has 0 spiro atoms. The Labute approximate surface area is 264 Å². The first-order valence-corrected chi connectivity index (χ1v) is 15.2. The normalized spacial score (nSPS) is 11.5. The van der Waals surface area contributed by atoms with E-state index < -0.39 is 21.8 Å². The molecule has 0 saturated carbocycles.